The highest BCUT2D eigenvalue weighted by molar-refractivity contribution is 6.05. The lowest BCUT2D eigenvalue weighted by Crippen LogP contribution is -2.34. The fraction of sp³-hybridized carbons (Fsp3) is 0.417. The number of H-pyrrole nitrogens is 1. The van der Waals surface area contributed by atoms with Crippen LogP contribution in [0.2, 0.25) is 0 Å². The first-order valence-electron chi connectivity index (χ1n) is 10.8. The molecule has 0 saturated carbocycles. The van der Waals surface area contributed by atoms with E-state index in [4.69, 9.17) is 0 Å². The van der Waals surface area contributed by atoms with Crippen LogP contribution < -0.4 is 16.1 Å². The number of carbonyl (C=O) groups excluding carboxylic acids is 1. The number of hydrogen-bond acceptors (Lipinski definition) is 5. The van der Waals surface area contributed by atoms with Crippen LogP contribution in [0.5, 0.6) is 0 Å². The fourth-order valence-electron chi connectivity index (χ4n) is 3.64. The van der Waals surface area contributed by atoms with E-state index in [0.717, 1.165) is 11.3 Å². The van der Waals surface area contributed by atoms with Gasteiger partial charge in [0.1, 0.15) is 0 Å². The first kappa shape index (κ1) is 23.2. The van der Waals surface area contributed by atoms with Crippen molar-refractivity contribution in [2.24, 2.45) is 0 Å². The second kappa shape index (κ2) is 9.38. The van der Waals surface area contributed by atoms with Gasteiger partial charge in [0.25, 0.3) is 11.5 Å². The Hall–Kier alpha value is -3.42. The number of rotatable bonds is 7. The quantitative estimate of drug-likeness (QED) is 0.614. The molecule has 0 atom stereocenters. The number of nitrogens with zero attached hydrogens (tertiary/aromatic N) is 4. The number of amides is 1. The molecule has 0 aliphatic carbocycles. The Morgan fingerprint density at radius 3 is 2.34 bits per heavy atom. The molecule has 1 N–H and O–H groups in total. The standard InChI is InChI=1S/C24H31N5O3/c1-7-12-29-21-20(22(30)26-24(29)32)18(13-19(25-21)15(2)3)23(31)28(6)14-16-8-10-17(11-9-16)27(4)5/h8-11,13,15H,7,12,14H2,1-6H3,(H,26,30,32). The monoisotopic (exact) mass is 437 g/mol. The molecule has 0 bridgehead atoms. The summed E-state index contributed by atoms with van der Waals surface area (Å²) in [4.78, 5) is 49.2. The molecule has 0 saturated heterocycles. The molecule has 0 spiro atoms. The number of aromatic nitrogens is 3. The van der Waals surface area contributed by atoms with Gasteiger partial charge in [-0.05, 0) is 36.1 Å². The number of pyridine rings is 1. The van der Waals surface area contributed by atoms with Gasteiger partial charge in [-0.3, -0.25) is 19.1 Å². The van der Waals surface area contributed by atoms with Gasteiger partial charge in [-0.2, -0.15) is 0 Å². The fourth-order valence-corrected chi connectivity index (χ4v) is 3.64. The van der Waals surface area contributed by atoms with Crippen molar-refractivity contribution in [3.63, 3.8) is 0 Å². The van der Waals surface area contributed by atoms with Crippen molar-refractivity contribution < 1.29 is 4.79 Å². The number of fused-ring (bicyclic) bond motifs is 1. The summed E-state index contributed by atoms with van der Waals surface area (Å²) >= 11 is 0. The van der Waals surface area contributed by atoms with Crippen LogP contribution in [-0.2, 0) is 13.1 Å². The average Bonchev–Trinajstić information content (AvgIpc) is 2.75. The van der Waals surface area contributed by atoms with E-state index in [0.29, 0.717) is 25.2 Å². The van der Waals surface area contributed by atoms with E-state index < -0.39 is 11.2 Å². The highest BCUT2D eigenvalue weighted by atomic mass is 16.2. The van der Waals surface area contributed by atoms with Gasteiger partial charge in [0.05, 0.1) is 10.9 Å². The Labute approximate surface area is 187 Å². The zero-order valence-electron chi connectivity index (χ0n) is 19.6. The molecule has 8 nitrogen and oxygen atoms in total. The van der Waals surface area contributed by atoms with Gasteiger partial charge < -0.3 is 9.80 Å². The molecule has 3 rings (SSSR count). The van der Waals surface area contributed by atoms with E-state index in [1.165, 1.54) is 4.57 Å². The van der Waals surface area contributed by atoms with Gasteiger partial charge in [-0.1, -0.05) is 32.9 Å². The average molecular weight is 438 g/mol. The minimum absolute atomic E-state index is 0.0271. The van der Waals surface area contributed by atoms with Gasteiger partial charge in [-0.15, -0.1) is 0 Å². The summed E-state index contributed by atoms with van der Waals surface area (Å²) in [7, 11) is 5.65. The van der Waals surface area contributed by atoms with E-state index in [9.17, 15) is 14.4 Å². The topological polar surface area (TPSA) is 91.3 Å². The van der Waals surface area contributed by atoms with E-state index in [2.05, 4.69) is 9.97 Å². The molecule has 0 aliphatic heterocycles. The minimum Gasteiger partial charge on any atom is -0.378 e. The maximum absolute atomic E-state index is 13.5. The van der Waals surface area contributed by atoms with Crippen LogP contribution in [0.3, 0.4) is 0 Å². The third kappa shape index (κ3) is 4.59. The molecular weight excluding hydrogens is 406 g/mol. The molecule has 0 radical (unpaired) electrons. The van der Waals surface area contributed by atoms with Gasteiger partial charge in [-0.25, -0.2) is 9.78 Å². The van der Waals surface area contributed by atoms with Crippen LogP contribution in [0.1, 0.15) is 54.7 Å². The molecule has 3 aromatic rings. The van der Waals surface area contributed by atoms with Crippen molar-refractivity contribution in [1.82, 2.24) is 19.4 Å². The molecule has 1 amide bonds. The second-order valence-electron chi connectivity index (χ2n) is 8.58. The lowest BCUT2D eigenvalue weighted by molar-refractivity contribution is 0.0786. The number of nitrogens with one attached hydrogen (secondary N) is 1. The Kier molecular flexibility index (Phi) is 6.81. The molecule has 0 fully saturated rings. The summed E-state index contributed by atoms with van der Waals surface area (Å²) in [5.41, 5.74) is 2.14. The summed E-state index contributed by atoms with van der Waals surface area (Å²) in [5.74, 6) is -0.262. The third-order valence-corrected chi connectivity index (χ3v) is 5.46. The Morgan fingerprint density at radius 1 is 1.12 bits per heavy atom. The molecule has 2 heterocycles. The predicted molar refractivity (Wildman–Crippen MR) is 128 cm³/mol. The van der Waals surface area contributed by atoms with Crippen molar-refractivity contribution in [2.45, 2.75) is 46.2 Å². The summed E-state index contributed by atoms with van der Waals surface area (Å²) in [5, 5.41) is 0.155. The van der Waals surface area contributed by atoms with E-state index in [1.807, 2.05) is 64.0 Å². The van der Waals surface area contributed by atoms with E-state index in [-0.39, 0.29) is 28.4 Å². The minimum atomic E-state index is -0.591. The van der Waals surface area contributed by atoms with Gasteiger partial charge in [0.15, 0.2) is 5.65 Å². The Bertz CT molecular complexity index is 1240. The SMILES string of the molecule is CCCn1c(=O)[nH]c(=O)c2c(C(=O)N(C)Cc3ccc(N(C)C)cc3)cc(C(C)C)nc21. The Balaban J connectivity index is 2.09. The van der Waals surface area contributed by atoms with Crippen molar-refractivity contribution in [2.75, 3.05) is 26.0 Å². The molecule has 2 aromatic heterocycles. The highest BCUT2D eigenvalue weighted by Crippen LogP contribution is 2.22. The largest absolute Gasteiger partial charge is 0.378 e. The zero-order chi connectivity index (χ0) is 23.6. The smallest absolute Gasteiger partial charge is 0.329 e. The molecule has 32 heavy (non-hydrogen) atoms. The number of anilines is 1. The first-order chi connectivity index (χ1) is 15.1. The van der Waals surface area contributed by atoms with Gasteiger partial charge in [0.2, 0.25) is 0 Å². The lowest BCUT2D eigenvalue weighted by atomic mass is 10.0. The number of hydrogen-bond donors (Lipinski definition) is 1. The van der Waals surface area contributed by atoms with Crippen LogP contribution in [0.4, 0.5) is 5.69 Å². The first-order valence-corrected chi connectivity index (χ1v) is 10.8. The Morgan fingerprint density at radius 2 is 1.78 bits per heavy atom. The number of carbonyl (C=O) groups is 1. The number of aromatic amines is 1. The maximum atomic E-state index is 13.5. The van der Waals surface area contributed by atoms with Crippen molar-refractivity contribution in [1.29, 1.82) is 0 Å². The second-order valence-corrected chi connectivity index (χ2v) is 8.58. The van der Waals surface area contributed by atoms with Gasteiger partial charge in [0, 0.05) is 45.6 Å². The molecule has 0 unspecified atom stereocenters. The van der Waals surface area contributed by atoms with E-state index >= 15 is 0 Å². The predicted octanol–water partition coefficient (Wildman–Crippen LogP) is 2.96. The van der Waals surface area contributed by atoms with Crippen molar-refractivity contribution in [3.05, 3.63) is 68.0 Å². The normalized spacial score (nSPS) is 11.2. The lowest BCUT2D eigenvalue weighted by Gasteiger charge is -2.20. The molecule has 8 heteroatoms. The summed E-state index contributed by atoms with van der Waals surface area (Å²) in [6.45, 7) is 6.67. The molecule has 170 valence electrons. The maximum Gasteiger partial charge on any atom is 0.329 e. The van der Waals surface area contributed by atoms with Crippen molar-refractivity contribution in [3.8, 4) is 0 Å². The van der Waals surface area contributed by atoms with Crippen LogP contribution >= 0.6 is 0 Å². The zero-order valence-corrected chi connectivity index (χ0v) is 19.6. The van der Waals surface area contributed by atoms with Crippen molar-refractivity contribution >= 4 is 22.6 Å². The highest BCUT2D eigenvalue weighted by Gasteiger charge is 2.22. The number of benzene rings is 1. The van der Waals surface area contributed by atoms with Crippen LogP contribution in [-0.4, -0.2) is 46.5 Å². The molecule has 1 aromatic carbocycles. The number of aryl methyl sites for hydroxylation is 1. The van der Waals surface area contributed by atoms with Crippen LogP contribution in [0, 0.1) is 0 Å². The molecular formula is C24H31N5O3. The van der Waals surface area contributed by atoms with E-state index in [1.54, 1.807) is 18.0 Å². The van der Waals surface area contributed by atoms with Crippen LogP contribution in [0.15, 0.2) is 39.9 Å². The van der Waals surface area contributed by atoms with Crippen LogP contribution in [0.25, 0.3) is 11.0 Å². The molecule has 0 aliphatic rings. The van der Waals surface area contributed by atoms with Gasteiger partial charge >= 0.3 is 5.69 Å². The summed E-state index contributed by atoms with van der Waals surface area (Å²) in [6, 6.07) is 9.64. The summed E-state index contributed by atoms with van der Waals surface area (Å²) in [6.07, 6.45) is 0.695. The summed E-state index contributed by atoms with van der Waals surface area (Å²) < 4.78 is 1.44. The third-order valence-electron chi connectivity index (χ3n) is 5.46.